The van der Waals surface area contributed by atoms with Gasteiger partial charge in [-0.05, 0) is 64.5 Å². The van der Waals surface area contributed by atoms with E-state index in [1.165, 1.54) is 6.08 Å². The quantitative estimate of drug-likeness (QED) is 0.246. The van der Waals surface area contributed by atoms with Crippen molar-refractivity contribution in [1.29, 1.82) is 0 Å². The van der Waals surface area contributed by atoms with Crippen LogP contribution in [-0.2, 0) is 4.79 Å². The molecule has 1 amide bonds. The number of rotatable bonds is 5. The molecular weight excluding hydrogens is 564 g/mol. The molecule has 31 heavy (non-hydrogen) atoms. The van der Waals surface area contributed by atoms with E-state index in [4.69, 9.17) is 21.3 Å². The highest BCUT2D eigenvalue weighted by atomic mass is 79.9. The Morgan fingerprint density at radius 2 is 1.97 bits per heavy atom. The van der Waals surface area contributed by atoms with Gasteiger partial charge in [-0.1, -0.05) is 39.7 Å². The number of ether oxygens (including phenoxy) is 1. The van der Waals surface area contributed by atoms with Gasteiger partial charge in [0.2, 0.25) is 5.91 Å². The average molecular weight is 579 g/mol. The lowest BCUT2D eigenvalue weighted by Crippen LogP contribution is -2.08. The van der Waals surface area contributed by atoms with Crippen LogP contribution in [0.1, 0.15) is 5.56 Å². The third-order valence-corrected chi connectivity index (χ3v) is 6.77. The molecule has 0 aliphatic rings. The Labute approximate surface area is 205 Å². The summed E-state index contributed by atoms with van der Waals surface area (Å²) in [4.78, 5) is 17.4. The van der Waals surface area contributed by atoms with Crippen molar-refractivity contribution in [2.45, 2.75) is 0 Å². The molecule has 4 nitrogen and oxygen atoms in total. The minimum atomic E-state index is -0.275. The van der Waals surface area contributed by atoms with Crippen LogP contribution < -0.4 is 10.1 Å². The van der Waals surface area contributed by atoms with E-state index in [0.717, 1.165) is 35.3 Å². The van der Waals surface area contributed by atoms with Gasteiger partial charge in [0, 0.05) is 26.7 Å². The van der Waals surface area contributed by atoms with E-state index in [1.54, 1.807) is 36.7 Å². The second-order valence-corrected chi connectivity index (χ2v) is 9.75. The minimum absolute atomic E-state index is 0.275. The molecule has 0 unspecified atom stereocenters. The normalized spacial score (nSPS) is 11.2. The molecule has 0 radical (unpaired) electrons. The van der Waals surface area contributed by atoms with Gasteiger partial charge in [0.1, 0.15) is 10.8 Å². The number of fused-ring (bicyclic) bond motifs is 1. The number of hydrogen-bond acceptors (Lipinski definition) is 4. The standard InChI is InChI=1S/C23H15Br2ClN2O2S/c1-30-22-13(10-14(24)11-17(22)25)6-9-21(29)27-18-8-7-15(26)12-16(18)23-28-19-4-2-3-5-20(19)31-23/h2-12H,1H3,(H,27,29)/b9-6+. The van der Waals surface area contributed by atoms with Crippen LogP contribution in [0, 0.1) is 0 Å². The molecule has 0 saturated heterocycles. The Bertz CT molecular complexity index is 1290. The van der Waals surface area contributed by atoms with Crippen molar-refractivity contribution in [3.8, 4) is 16.3 Å². The van der Waals surface area contributed by atoms with Crippen molar-refractivity contribution in [1.82, 2.24) is 4.98 Å². The van der Waals surface area contributed by atoms with Crippen molar-refractivity contribution in [3.05, 3.63) is 80.2 Å². The van der Waals surface area contributed by atoms with Gasteiger partial charge in [-0.2, -0.15) is 0 Å². The van der Waals surface area contributed by atoms with Crippen molar-refractivity contribution in [3.63, 3.8) is 0 Å². The predicted molar refractivity (Wildman–Crippen MR) is 136 cm³/mol. The zero-order valence-corrected chi connectivity index (χ0v) is 20.9. The number of anilines is 1. The Kier molecular flexibility index (Phi) is 6.77. The summed E-state index contributed by atoms with van der Waals surface area (Å²) in [5.41, 5.74) is 3.09. The van der Waals surface area contributed by atoms with Gasteiger partial charge in [0.05, 0.1) is 27.5 Å². The summed E-state index contributed by atoms with van der Waals surface area (Å²) in [6.45, 7) is 0. The number of hydrogen-bond donors (Lipinski definition) is 1. The molecule has 3 aromatic carbocycles. The molecule has 1 aromatic heterocycles. The predicted octanol–water partition coefficient (Wildman–Crippen LogP) is 7.80. The number of para-hydroxylation sites is 1. The molecular formula is C23H15Br2ClN2O2S. The molecule has 4 aromatic rings. The number of amides is 1. The number of benzene rings is 3. The topological polar surface area (TPSA) is 51.2 Å². The molecule has 0 fully saturated rings. The molecule has 156 valence electrons. The fraction of sp³-hybridized carbons (Fsp3) is 0.0435. The molecule has 0 atom stereocenters. The minimum Gasteiger partial charge on any atom is -0.495 e. The van der Waals surface area contributed by atoms with Crippen LogP contribution in [-0.4, -0.2) is 18.0 Å². The van der Waals surface area contributed by atoms with E-state index in [2.05, 4.69) is 37.2 Å². The number of methoxy groups -OCH3 is 1. The fourth-order valence-electron chi connectivity index (χ4n) is 3.05. The fourth-order valence-corrected chi connectivity index (χ4v) is 5.64. The third-order valence-electron chi connectivity index (χ3n) is 4.42. The summed E-state index contributed by atoms with van der Waals surface area (Å²) >= 11 is 14.7. The van der Waals surface area contributed by atoms with E-state index >= 15 is 0 Å². The molecule has 0 spiro atoms. The van der Waals surface area contributed by atoms with Crippen molar-refractivity contribution >= 4 is 82.7 Å². The van der Waals surface area contributed by atoms with E-state index in [9.17, 15) is 4.79 Å². The molecule has 0 saturated carbocycles. The summed E-state index contributed by atoms with van der Waals surface area (Å²) < 4.78 is 8.16. The van der Waals surface area contributed by atoms with Gasteiger partial charge in [0.15, 0.2) is 0 Å². The van der Waals surface area contributed by atoms with Gasteiger partial charge in [-0.15, -0.1) is 11.3 Å². The summed E-state index contributed by atoms with van der Waals surface area (Å²) in [5, 5.41) is 4.30. The first-order valence-corrected chi connectivity index (χ1v) is 11.9. The van der Waals surface area contributed by atoms with Crippen molar-refractivity contribution in [2.24, 2.45) is 0 Å². The van der Waals surface area contributed by atoms with E-state index in [0.29, 0.717) is 16.5 Å². The first-order valence-electron chi connectivity index (χ1n) is 9.12. The molecule has 0 bridgehead atoms. The van der Waals surface area contributed by atoms with Crippen molar-refractivity contribution < 1.29 is 9.53 Å². The van der Waals surface area contributed by atoms with Crippen LogP contribution in [0.15, 0.2) is 69.6 Å². The molecule has 1 heterocycles. The Balaban J connectivity index is 1.63. The first kappa shape index (κ1) is 22.0. The van der Waals surface area contributed by atoms with Crippen LogP contribution in [0.25, 0.3) is 26.9 Å². The monoisotopic (exact) mass is 576 g/mol. The Morgan fingerprint density at radius 1 is 1.16 bits per heavy atom. The number of aromatic nitrogens is 1. The highest BCUT2D eigenvalue weighted by Crippen LogP contribution is 2.36. The number of thiazole rings is 1. The zero-order chi connectivity index (χ0) is 22.0. The van der Waals surface area contributed by atoms with Crippen LogP contribution >= 0.6 is 54.8 Å². The number of nitrogens with zero attached hydrogens (tertiary/aromatic N) is 1. The van der Waals surface area contributed by atoms with Crippen LogP contribution in [0.2, 0.25) is 5.02 Å². The van der Waals surface area contributed by atoms with E-state index < -0.39 is 0 Å². The van der Waals surface area contributed by atoms with Crippen molar-refractivity contribution in [2.75, 3.05) is 12.4 Å². The molecule has 4 rings (SSSR count). The highest BCUT2D eigenvalue weighted by Gasteiger charge is 2.13. The van der Waals surface area contributed by atoms with Gasteiger partial charge in [-0.25, -0.2) is 4.98 Å². The van der Waals surface area contributed by atoms with Gasteiger partial charge >= 0.3 is 0 Å². The highest BCUT2D eigenvalue weighted by molar-refractivity contribution is 9.11. The average Bonchev–Trinajstić information content (AvgIpc) is 3.17. The number of halogens is 3. The lowest BCUT2D eigenvalue weighted by atomic mass is 10.1. The zero-order valence-electron chi connectivity index (χ0n) is 16.2. The van der Waals surface area contributed by atoms with Gasteiger partial charge in [-0.3, -0.25) is 4.79 Å². The molecule has 1 N–H and O–H groups in total. The summed E-state index contributed by atoms with van der Waals surface area (Å²) in [6, 6.07) is 17.0. The lowest BCUT2D eigenvalue weighted by Gasteiger charge is -2.10. The number of carbonyl (C=O) groups excluding carboxylic acids is 1. The van der Waals surface area contributed by atoms with Crippen LogP contribution in [0.4, 0.5) is 5.69 Å². The third kappa shape index (κ3) is 5.01. The SMILES string of the molecule is COc1c(Br)cc(Br)cc1/C=C/C(=O)Nc1ccc(Cl)cc1-c1nc2ccccc2s1. The second-order valence-electron chi connectivity index (χ2n) is 6.51. The summed E-state index contributed by atoms with van der Waals surface area (Å²) in [6.07, 6.45) is 3.17. The largest absolute Gasteiger partial charge is 0.495 e. The van der Waals surface area contributed by atoms with Crippen LogP contribution in [0.3, 0.4) is 0 Å². The smallest absolute Gasteiger partial charge is 0.248 e. The first-order chi connectivity index (χ1) is 14.9. The Hall–Kier alpha value is -2.19. The Morgan fingerprint density at radius 3 is 2.74 bits per heavy atom. The maximum absolute atomic E-state index is 12.7. The van der Waals surface area contributed by atoms with E-state index in [1.807, 2.05) is 42.5 Å². The summed E-state index contributed by atoms with van der Waals surface area (Å²) in [5.74, 6) is 0.372. The lowest BCUT2D eigenvalue weighted by molar-refractivity contribution is -0.111. The maximum Gasteiger partial charge on any atom is 0.248 e. The summed E-state index contributed by atoms with van der Waals surface area (Å²) in [7, 11) is 1.59. The van der Waals surface area contributed by atoms with E-state index in [-0.39, 0.29) is 5.91 Å². The number of nitrogens with one attached hydrogen (secondary N) is 1. The number of carbonyl (C=O) groups is 1. The molecule has 8 heteroatoms. The maximum atomic E-state index is 12.7. The molecule has 0 aliphatic carbocycles. The van der Waals surface area contributed by atoms with Gasteiger partial charge in [0.25, 0.3) is 0 Å². The molecule has 0 aliphatic heterocycles. The van der Waals surface area contributed by atoms with Gasteiger partial charge < -0.3 is 10.1 Å². The second kappa shape index (κ2) is 9.53. The van der Waals surface area contributed by atoms with Crippen LogP contribution in [0.5, 0.6) is 5.75 Å².